The summed E-state index contributed by atoms with van der Waals surface area (Å²) in [4.78, 5) is 27.9. The number of amides is 1. The molecule has 22 heavy (non-hydrogen) atoms. The third kappa shape index (κ3) is 2.76. The van der Waals surface area contributed by atoms with E-state index in [9.17, 15) is 9.59 Å². The normalized spacial score (nSPS) is 12.2. The zero-order valence-corrected chi connectivity index (χ0v) is 12.0. The van der Waals surface area contributed by atoms with Crippen molar-refractivity contribution in [3.05, 3.63) is 64.9 Å². The molecule has 1 atom stereocenters. The van der Waals surface area contributed by atoms with Gasteiger partial charge < -0.3 is 9.73 Å². The van der Waals surface area contributed by atoms with Gasteiger partial charge in [0.1, 0.15) is 6.54 Å². The molecule has 0 spiro atoms. The van der Waals surface area contributed by atoms with Gasteiger partial charge in [-0.2, -0.15) is 0 Å². The topological polar surface area (TPSA) is 77.1 Å². The summed E-state index contributed by atoms with van der Waals surface area (Å²) in [5.41, 5.74) is 2.04. The summed E-state index contributed by atoms with van der Waals surface area (Å²) in [6.07, 6.45) is 3.35. The number of nitrogens with zero attached hydrogens (tertiary/aromatic N) is 2. The van der Waals surface area contributed by atoms with Crippen molar-refractivity contribution in [1.82, 2.24) is 14.9 Å². The van der Waals surface area contributed by atoms with E-state index in [0.717, 1.165) is 5.56 Å². The van der Waals surface area contributed by atoms with Crippen LogP contribution >= 0.6 is 0 Å². The summed E-state index contributed by atoms with van der Waals surface area (Å²) in [6.45, 7) is 1.80. The van der Waals surface area contributed by atoms with Crippen molar-refractivity contribution in [2.75, 3.05) is 0 Å². The van der Waals surface area contributed by atoms with Crippen molar-refractivity contribution in [3.63, 3.8) is 0 Å². The van der Waals surface area contributed by atoms with Gasteiger partial charge in [0.05, 0.1) is 11.6 Å². The zero-order chi connectivity index (χ0) is 15.5. The number of nitrogens with one attached hydrogen (secondary N) is 1. The van der Waals surface area contributed by atoms with Crippen molar-refractivity contribution >= 4 is 17.0 Å². The Labute approximate surface area is 126 Å². The molecule has 3 rings (SSSR count). The first kappa shape index (κ1) is 14.1. The third-order valence-corrected chi connectivity index (χ3v) is 3.46. The molecule has 2 heterocycles. The van der Waals surface area contributed by atoms with E-state index in [4.69, 9.17) is 4.42 Å². The number of carbonyl (C=O) groups excluding carboxylic acids is 1. The molecule has 6 nitrogen and oxygen atoms in total. The Balaban J connectivity index is 1.76. The van der Waals surface area contributed by atoms with Crippen LogP contribution in [0.3, 0.4) is 0 Å². The molecule has 0 radical (unpaired) electrons. The number of para-hydroxylation sites is 2. The molecular weight excluding hydrogens is 282 g/mol. The molecule has 6 heteroatoms. The summed E-state index contributed by atoms with van der Waals surface area (Å²) >= 11 is 0. The summed E-state index contributed by atoms with van der Waals surface area (Å²) < 4.78 is 6.43. The van der Waals surface area contributed by atoms with E-state index in [1.807, 2.05) is 19.1 Å². The SMILES string of the molecule is CC(NC(=O)Cn1c(=O)oc2ccccc21)c1ccncc1. The minimum Gasteiger partial charge on any atom is -0.408 e. The number of fused-ring (bicyclic) bond motifs is 1. The first-order chi connectivity index (χ1) is 10.6. The quantitative estimate of drug-likeness (QED) is 0.797. The fourth-order valence-corrected chi connectivity index (χ4v) is 2.33. The molecule has 0 aliphatic carbocycles. The van der Waals surface area contributed by atoms with Crippen LogP contribution in [0, 0.1) is 0 Å². The van der Waals surface area contributed by atoms with E-state index in [1.165, 1.54) is 4.57 Å². The van der Waals surface area contributed by atoms with Crippen molar-refractivity contribution in [2.24, 2.45) is 0 Å². The number of hydrogen-bond acceptors (Lipinski definition) is 4. The molecule has 2 aromatic heterocycles. The summed E-state index contributed by atoms with van der Waals surface area (Å²) in [5, 5.41) is 2.86. The average molecular weight is 297 g/mol. The molecule has 0 bridgehead atoms. The van der Waals surface area contributed by atoms with Gasteiger partial charge >= 0.3 is 5.76 Å². The second kappa shape index (κ2) is 5.85. The number of aromatic nitrogens is 2. The first-order valence-electron chi connectivity index (χ1n) is 6.93. The Kier molecular flexibility index (Phi) is 3.74. The predicted octanol–water partition coefficient (Wildman–Crippen LogP) is 1.87. The van der Waals surface area contributed by atoms with Gasteiger partial charge in [0.25, 0.3) is 0 Å². The highest BCUT2D eigenvalue weighted by Crippen LogP contribution is 2.13. The molecule has 0 aliphatic heterocycles. The fourth-order valence-electron chi connectivity index (χ4n) is 2.33. The highest BCUT2D eigenvalue weighted by Gasteiger charge is 2.14. The standard InChI is InChI=1S/C16H15N3O3/c1-11(12-6-8-17-9-7-12)18-15(20)10-19-13-4-2-3-5-14(13)22-16(19)21/h2-9,11H,10H2,1H3,(H,18,20). The molecule has 1 amide bonds. The van der Waals surface area contributed by atoms with Crippen molar-refractivity contribution in [3.8, 4) is 0 Å². The van der Waals surface area contributed by atoms with Crippen LogP contribution in [0.1, 0.15) is 18.5 Å². The summed E-state index contributed by atoms with van der Waals surface area (Å²) in [7, 11) is 0. The van der Waals surface area contributed by atoms with Crippen molar-refractivity contribution in [2.45, 2.75) is 19.5 Å². The fraction of sp³-hybridized carbons (Fsp3) is 0.188. The van der Waals surface area contributed by atoms with Gasteiger partial charge in [-0.1, -0.05) is 12.1 Å². The van der Waals surface area contributed by atoms with E-state index in [2.05, 4.69) is 10.3 Å². The Hall–Kier alpha value is -2.89. The Morgan fingerprint density at radius 1 is 1.27 bits per heavy atom. The molecule has 0 aliphatic rings. The van der Waals surface area contributed by atoms with E-state index in [-0.39, 0.29) is 18.5 Å². The number of hydrogen-bond donors (Lipinski definition) is 1. The lowest BCUT2D eigenvalue weighted by atomic mass is 10.1. The largest absolute Gasteiger partial charge is 0.420 e. The van der Waals surface area contributed by atoms with Crippen LogP contribution < -0.4 is 11.1 Å². The molecule has 1 N–H and O–H groups in total. The summed E-state index contributed by atoms with van der Waals surface area (Å²) in [5.74, 6) is -0.786. The minimum atomic E-state index is -0.534. The Morgan fingerprint density at radius 3 is 2.77 bits per heavy atom. The molecule has 0 saturated heterocycles. The second-order valence-electron chi connectivity index (χ2n) is 4.99. The Morgan fingerprint density at radius 2 is 2.00 bits per heavy atom. The molecule has 3 aromatic rings. The van der Waals surface area contributed by atoms with Crippen LogP contribution in [0.15, 0.2) is 58.0 Å². The predicted molar refractivity (Wildman–Crippen MR) is 81.3 cm³/mol. The van der Waals surface area contributed by atoms with Gasteiger partial charge in [-0.15, -0.1) is 0 Å². The minimum absolute atomic E-state index is 0.0781. The summed E-state index contributed by atoms with van der Waals surface area (Å²) in [6, 6.07) is 10.5. The number of rotatable bonds is 4. The molecule has 0 saturated carbocycles. The van der Waals surface area contributed by atoms with E-state index >= 15 is 0 Å². The van der Waals surface area contributed by atoms with E-state index in [0.29, 0.717) is 11.1 Å². The highest BCUT2D eigenvalue weighted by atomic mass is 16.4. The number of pyridine rings is 1. The van der Waals surface area contributed by atoms with Gasteiger partial charge in [0.2, 0.25) is 5.91 Å². The van der Waals surface area contributed by atoms with E-state index < -0.39 is 5.76 Å². The lowest BCUT2D eigenvalue weighted by Gasteiger charge is -2.14. The maximum absolute atomic E-state index is 12.2. The van der Waals surface area contributed by atoms with Gasteiger partial charge in [-0.25, -0.2) is 4.79 Å². The van der Waals surface area contributed by atoms with Gasteiger partial charge in [0, 0.05) is 12.4 Å². The second-order valence-corrected chi connectivity index (χ2v) is 4.99. The zero-order valence-electron chi connectivity index (χ0n) is 12.0. The van der Waals surface area contributed by atoms with Crippen LogP contribution in [0.25, 0.3) is 11.1 Å². The first-order valence-corrected chi connectivity index (χ1v) is 6.93. The molecule has 1 aromatic carbocycles. The van der Waals surface area contributed by atoms with Crippen LogP contribution in [-0.4, -0.2) is 15.5 Å². The van der Waals surface area contributed by atoms with Crippen molar-refractivity contribution < 1.29 is 9.21 Å². The number of oxazole rings is 1. The smallest absolute Gasteiger partial charge is 0.408 e. The lowest BCUT2D eigenvalue weighted by molar-refractivity contribution is -0.122. The molecule has 112 valence electrons. The lowest BCUT2D eigenvalue weighted by Crippen LogP contribution is -2.32. The third-order valence-electron chi connectivity index (χ3n) is 3.46. The van der Waals surface area contributed by atoms with Gasteiger partial charge in [-0.05, 0) is 36.8 Å². The van der Waals surface area contributed by atoms with Gasteiger partial charge in [-0.3, -0.25) is 14.3 Å². The maximum atomic E-state index is 12.2. The number of benzene rings is 1. The molecular formula is C16H15N3O3. The van der Waals surface area contributed by atoms with E-state index in [1.54, 1.807) is 36.7 Å². The maximum Gasteiger partial charge on any atom is 0.420 e. The van der Waals surface area contributed by atoms with Crippen LogP contribution in [-0.2, 0) is 11.3 Å². The highest BCUT2D eigenvalue weighted by molar-refractivity contribution is 5.79. The average Bonchev–Trinajstić information content (AvgIpc) is 2.84. The molecule has 0 fully saturated rings. The monoisotopic (exact) mass is 297 g/mol. The van der Waals surface area contributed by atoms with Crippen molar-refractivity contribution in [1.29, 1.82) is 0 Å². The Bertz CT molecular complexity index is 852. The number of carbonyl (C=O) groups is 1. The molecule has 1 unspecified atom stereocenters. The van der Waals surface area contributed by atoms with Gasteiger partial charge in [0.15, 0.2) is 5.58 Å². The van der Waals surface area contributed by atoms with Crippen LogP contribution in [0.4, 0.5) is 0 Å². The van der Waals surface area contributed by atoms with Crippen LogP contribution in [0.2, 0.25) is 0 Å². The van der Waals surface area contributed by atoms with Crippen LogP contribution in [0.5, 0.6) is 0 Å².